The van der Waals surface area contributed by atoms with Gasteiger partial charge in [-0.1, -0.05) is 6.07 Å². The van der Waals surface area contributed by atoms with Crippen LogP contribution in [0.25, 0.3) is 0 Å². The van der Waals surface area contributed by atoms with Crippen LogP contribution in [-0.4, -0.2) is 42.2 Å². The standard InChI is InChI=1S/C17H16F3N3O2/c18-17(19,20)12-3-1-4-13(11-12)22-7-9-23(10-8-22)15-14(16(24)25)5-2-6-21-15/h1-6,11H,7-10H2,(H,24,25). The number of rotatable bonds is 3. The van der Waals surface area contributed by atoms with Crippen molar-refractivity contribution in [2.24, 2.45) is 0 Å². The number of alkyl halides is 3. The molecule has 1 saturated heterocycles. The molecule has 0 spiro atoms. The highest BCUT2D eigenvalue weighted by Gasteiger charge is 2.31. The van der Waals surface area contributed by atoms with E-state index in [-0.39, 0.29) is 5.56 Å². The summed E-state index contributed by atoms with van der Waals surface area (Å²) in [6.07, 6.45) is -2.84. The minimum absolute atomic E-state index is 0.120. The third kappa shape index (κ3) is 3.67. The van der Waals surface area contributed by atoms with Crippen LogP contribution in [0.4, 0.5) is 24.7 Å². The van der Waals surface area contributed by atoms with Crippen LogP contribution in [0.5, 0.6) is 0 Å². The maximum absolute atomic E-state index is 12.8. The number of halogens is 3. The molecule has 1 fully saturated rings. The summed E-state index contributed by atoms with van der Waals surface area (Å²) < 4.78 is 38.5. The first-order valence-corrected chi connectivity index (χ1v) is 7.72. The number of anilines is 2. The summed E-state index contributed by atoms with van der Waals surface area (Å²) in [5, 5.41) is 9.25. The molecule has 25 heavy (non-hydrogen) atoms. The van der Waals surface area contributed by atoms with Crippen LogP contribution in [0.1, 0.15) is 15.9 Å². The number of carbonyl (C=O) groups is 1. The average Bonchev–Trinajstić information content (AvgIpc) is 2.61. The van der Waals surface area contributed by atoms with Gasteiger partial charge in [0.05, 0.1) is 5.56 Å². The van der Waals surface area contributed by atoms with Crippen molar-refractivity contribution in [3.05, 3.63) is 53.7 Å². The number of benzene rings is 1. The van der Waals surface area contributed by atoms with Crippen molar-refractivity contribution in [3.8, 4) is 0 Å². The lowest BCUT2D eigenvalue weighted by molar-refractivity contribution is -0.137. The molecule has 8 heteroatoms. The topological polar surface area (TPSA) is 56.7 Å². The highest BCUT2D eigenvalue weighted by Crippen LogP contribution is 2.32. The van der Waals surface area contributed by atoms with Crippen molar-refractivity contribution in [1.29, 1.82) is 0 Å². The van der Waals surface area contributed by atoms with E-state index in [4.69, 9.17) is 0 Å². The van der Waals surface area contributed by atoms with Crippen LogP contribution < -0.4 is 9.80 Å². The van der Waals surface area contributed by atoms with Crippen LogP contribution in [0.3, 0.4) is 0 Å². The van der Waals surface area contributed by atoms with E-state index in [0.717, 1.165) is 12.1 Å². The monoisotopic (exact) mass is 351 g/mol. The molecule has 132 valence electrons. The van der Waals surface area contributed by atoms with Crippen molar-refractivity contribution < 1.29 is 23.1 Å². The quantitative estimate of drug-likeness (QED) is 0.921. The zero-order chi connectivity index (χ0) is 18.0. The summed E-state index contributed by atoms with van der Waals surface area (Å²) in [4.78, 5) is 19.1. The van der Waals surface area contributed by atoms with E-state index in [9.17, 15) is 23.1 Å². The highest BCUT2D eigenvalue weighted by molar-refractivity contribution is 5.93. The number of nitrogens with zero attached hydrogens (tertiary/aromatic N) is 3. The molecule has 0 aliphatic carbocycles. The van der Waals surface area contributed by atoms with Gasteiger partial charge in [0.15, 0.2) is 0 Å². The molecule has 0 amide bonds. The number of aromatic carboxylic acids is 1. The first-order chi connectivity index (χ1) is 11.9. The van der Waals surface area contributed by atoms with Gasteiger partial charge in [-0.25, -0.2) is 9.78 Å². The van der Waals surface area contributed by atoms with Gasteiger partial charge in [-0.15, -0.1) is 0 Å². The average molecular weight is 351 g/mol. The van der Waals surface area contributed by atoms with Gasteiger partial charge < -0.3 is 14.9 Å². The second-order valence-corrected chi connectivity index (χ2v) is 5.70. The molecule has 1 aromatic carbocycles. The lowest BCUT2D eigenvalue weighted by atomic mass is 10.1. The zero-order valence-corrected chi connectivity index (χ0v) is 13.2. The Bertz CT molecular complexity index is 772. The molecule has 1 aliphatic heterocycles. The largest absolute Gasteiger partial charge is 0.478 e. The Morgan fingerprint density at radius 3 is 2.36 bits per heavy atom. The summed E-state index contributed by atoms with van der Waals surface area (Å²) in [5.41, 5.74) is -0.0470. The first kappa shape index (κ1) is 17.1. The molecule has 0 unspecified atom stereocenters. The van der Waals surface area contributed by atoms with E-state index in [2.05, 4.69) is 4.98 Å². The molecule has 2 heterocycles. The van der Waals surface area contributed by atoms with Gasteiger partial charge in [0, 0.05) is 38.1 Å². The van der Waals surface area contributed by atoms with Gasteiger partial charge in [-0.3, -0.25) is 0 Å². The van der Waals surface area contributed by atoms with Crippen LogP contribution in [0, 0.1) is 0 Å². The number of piperazine rings is 1. The summed E-state index contributed by atoms with van der Waals surface area (Å²) in [6, 6.07) is 8.28. The van der Waals surface area contributed by atoms with E-state index < -0.39 is 17.7 Å². The first-order valence-electron chi connectivity index (χ1n) is 7.72. The molecule has 0 saturated carbocycles. The fourth-order valence-corrected chi connectivity index (χ4v) is 2.87. The van der Waals surface area contributed by atoms with E-state index in [0.29, 0.717) is 37.7 Å². The molecule has 1 N–H and O–H groups in total. The lowest BCUT2D eigenvalue weighted by Crippen LogP contribution is -2.47. The van der Waals surface area contributed by atoms with Gasteiger partial charge in [0.2, 0.25) is 0 Å². The van der Waals surface area contributed by atoms with E-state index >= 15 is 0 Å². The number of carboxylic acid groups (broad SMARTS) is 1. The van der Waals surface area contributed by atoms with Crippen LogP contribution in [0.2, 0.25) is 0 Å². The molecule has 1 aliphatic rings. The maximum Gasteiger partial charge on any atom is 0.416 e. The third-order valence-electron chi connectivity index (χ3n) is 4.13. The van der Waals surface area contributed by atoms with Crippen molar-refractivity contribution in [1.82, 2.24) is 4.98 Å². The fourth-order valence-electron chi connectivity index (χ4n) is 2.87. The molecule has 2 aromatic rings. The lowest BCUT2D eigenvalue weighted by Gasteiger charge is -2.37. The summed E-state index contributed by atoms with van der Waals surface area (Å²) in [6.45, 7) is 1.93. The van der Waals surface area contributed by atoms with Crippen LogP contribution in [-0.2, 0) is 6.18 Å². The Morgan fingerprint density at radius 1 is 1.04 bits per heavy atom. The summed E-state index contributed by atoms with van der Waals surface area (Å²) in [5.74, 6) is -0.665. The number of carboxylic acids is 1. The smallest absolute Gasteiger partial charge is 0.416 e. The maximum atomic E-state index is 12.8. The van der Waals surface area contributed by atoms with Gasteiger partial charge in [-0.05, 0) is 30.3 Å². The SMILES string of the molecule is O=C(O)c1cccnc1N1CCN(c2cccc(C(F)(F)F)c2)CC1. The number of hydrogen-bond acceptors (Lipinski definition) is 4. The highest BCUT2D eigenvalue weighted by atomic mass is 19.4. The van der Waals surface area contributed by atoms with Crippen LogP contribution >= 0.6 is 0 Å². The number of pyridine rings is 1. The summed E-state index contributed by atoms with van der Waals surface area (Å²) >= 11 is 0. The molecular weight excluding hydrogens is 335 g/mol. The van der Waals surface area contributed by atoms with Crippen molar-refractivity contribution in [3.63, 3.8) is 0 Å². The predicted molar refractivity (Wildman–Crippen MR) is 87.1 cm³/mol. The molecular formula is C17H16F3N3O2. The minimum atomic E-state index is -4.37. The van der Waals surface area contributed by atoms with Crippen LogP contribution in [0.15, 0.2) is 42.6 Å². The zero-order valence-electron chi connectivity index (χ0n) is 13.2. The van der Waals surface area contributed by atoms with Crippen molar-refractivity contribution >= 4 is 17.5 Å². The Labute approximate surface area is 142 Å². The Balaban J connectivity index is 1.74. The summed E-state index contributed by atoms with van der Waals surface area (Å²) in [7, 11) is 0. The van der Waals surface area contributed by atoms with Crippen molar-refractivity contribution in [2.75, 3.05) is 36.0 Å². The van der Waals surface area contributed by atoms with Gasteiger partial charge >= 0.3 is 12.1 Å². The van der Waals surface area contributed by atoms with Gasteiger partial charge in [0.25, 0.3) is 0 Å². The normalized spacial score (nSPS) is 15.3. The van der Waals surface area contributed by atoms with Gasteiger partial charge in [0.1, 0.15) is 11.4 Å². The molecule has 3 rings (SSSR count). The Hall–Kier alpha value is -2.77. The molecule has 0 bridgehead atoms. The Morgan fingerprint density at radius 2 is 1.72 bits per heavy atom. The molecule has 1 aromatic heterocycles. The molecule has 5 nitrogen and oxygen atoms in total. The van der Waals surface area contributed by atoms with E-state index in [1.807, 2.05) is 9.80 Å². The Kier molecular flexibility index (Phi) is 4.52. The number of aromatic nitrogens is 1. The second-order valence-electron chi connectivity index (χ2n) is 5.70. The van der Waals surface area contributed by atoms with E-state index in [1.165, 1.54) is 18.3 Å². The third-order valence-corrected chi connectivity index (χ3v) is 4.13. The van der Waals surface area contributed by atoms with E-state index in [1.54, 1.807) is 12.1 Å². The molecule has 0 radical (unpaired) electrons. The fraction of sp³-hybridized carbons (Fsp3) is 0.294. The van der Waals surface area contributed by atoms with Crippen molar-refractivity contribution in [2.45, 2.75) is 6.18 Å². The molecule has 0 atom stereocenters. The minimum Gasteiger partial charge on any atom is -0.478 e. The van der Waals surface area contributed by atoms with Gasteiger partial charge in [-0.2, -0.15) is 13.2 Å². The number of hydrogen-bond donors (Lipinski definition) is 1. The predicted octanol–water partition coefficient (Wildman–Crippen LogP) is 3.13. The second kappa shape index (κ2) is 6.62.